The van der Waals surface area contributed by atoms with Crippen LogP contribution in [-0.2, 0) is 9.47 Å². The Morgan fingerprint density at radius 3 is 2.31 bits per heavy atom. The first-order valence-electron chi connectivity index (χ1n) is 11.2. The molecule has 3 rings (SSSR count). The molecule has 178 valence electrons. The number of fused-ring (bicyclic) bond motifs is 1. The van der Waals surface area contributed by atoms with E-state index in [4.69, 9.17) is 23.7 Å². The van der Waals surface area contributed by atoms with Gasteiger partial charge in [-0.3, -0.25) is 0 Å². The van der Waals surface area contributed by atoms with Gasteiger partial charge in [0.1, 0.15) is 12.2 Å². The van der Waals surface area contributed by atoms with Crippen LogP contribution in [0.4, 0.5) is 0 Å². The largest absolute Gasteiger partial charge is 0.493 e. The maximum absolute atomic E-state index is 13.2. The highest BCUT2D eigenvalue weighted by molar-refractivity contribution is 5.91. The summed E-state index contributed by atoms with van der Waals surface area (Å²) in [6.07, 6.45) is 3.00. The number of carbonyl (C=O) groups excluding carboxylic acids is 1. The Balaban J connectivity index is 1.93. The lowest BCUT2D eigenvalue weighted by Crippen LogP contribution is -2.43. The number of methoxy groups -OCH3 is 3. The maximum atomic E-state index is 13.2. The highest BCUT2D eigenvalue weighted by Gasteiger charge is 2.58. The monoisotopic (exact) mass is 448 g/mol. The molecule has 7 heteroatoms. The Bertz CT molecular complexity index is 837. The zero-order valence-electron chi connectivity index (χ0n) is 20.1. The van der Waals surface area contributed by atoms with Crippen molar-refractivity contribution in [3.63, 3.8) is 0 Å². The summed E-state index contributed by atoms with van der Waals surface area (Å²) in [5.74, 6) is 0.477. The third-order valence-corrected chi connectivity index (χ3v) is 6.66. The zero-order chi connectivity index (χ0) is 23.6. The lowest BCUT2D eigenvalue weighted by atomic mass is 9.78. The van der Waals surface area contributed by atoms with E-state index < -0.39 is 18.2 Å². The second-order valence-corrected chi connectivity index (χ2v) is 9.31. The van der Waals surface area contributed by atoms with Gasteiger partial charge in [-0.1, -0.05) is 25.5 Å². The van der Waals surface area contributed by atoms with Crippen LogP contribution >= 0.6 is 0 Å². The summed E-state index contributed by atoms with van der Waals surface area (Å²) in [4.78, 5) is 13.2. The van der Waals surface area contributed by atoms with Crippen LogP contribution in [0.1, 0.15) is 57.3 Å². The smallest absolute Gasteiger partial charge is 0.338 e. The van der Waals surface area contributed by atoms with Gasteiger partial charge in [-0.2, -0.15) is 0 Å². The fourth-order valence-corrected chi connectivity index (χ4v) is 4.80. The molecule has 5 atom stereocenters. The van der Waals surface area contributed by atoms with Crippen molar-refractivity contribution in [3.05, 3.63) is 29.3 Å². The van der Waals surface area contributed by atoms with Crippen molar-refractivity contribution in [2.75, 3.05) is 21.3 Å². The Morgan fingerprint density at radius 1 is 1.16 bits per heavy atom. The molecular formula is C25H36O7. The van der Waals surface area contributed by atoms with Crippen molar-refractivity contribution >= 4 is 5.97 Å². The number of carbonyl (C=O) groups is 1. The van der Waals surface area contributed by atoms with Gasteiger partial charge in [0.05, 0.1) is 38.6 Å². The van der Waals surface area contributed by atoms with Crippen LogP contribution in [-0.4, -0.2) is 56.3 Å². The first kappa shape index (κ1) is 24.4. The standard InChI is InChI=1S/C25H36O7/c1-14(2)20-17(11-15(3)9-8-10-25(4)23(32-25)21(20)26)31-24(27)16-12-18(28-5)22(30-7)19(13-16)29-6/h9,12-14,17,20-21,23,26H,8,10-11H2,1-7H3/b15-9-/t17-,20-,21-,23-,25-/m1/s1. The molecule has 0 unspecified atom stereocenters. The number of ether oxygens (including phenoxy) is 5. The number of rotatable bonds is 6. The van der Waals surface area contributed by atoms with Gasteiger partial charge in [-0.05, 0) is 44.7 Å². The Labute approximate surface area is 190 Å². The van der Waals surface area contributed by atoms with Crippen LogP contribution < -0.4 is 14.2 Å². The van der Waals surface area contributed by atoms with Crippen LogP contribution in [0.5, 0.6) is 17.2 Å². The Kier molecular flexibility index (Phi) is 7.40. The average molecular weight is 449 g/mol. The van der Waals surface area contributed by atoms with Crippen molar-refractivity contribution in [1.82, 2.24) is 0 Å². The Hall–Kier alpha value is -2.25. The van der Waals surface area contributed by atoms with Crippen LogP contribution in [0.2, 0.25) is 0 Å². The van der Waals surface area contributed by atoms with E-state index in [2.05, 4.69) is 6.08 Å². The third-order valence-electron chi connectivity index (χ3n) is 6.66. The van der Waals surface area contributed by atoms with Gasteiger partial charge < -0.3 is 28.8 Å². The minimum atomic E-state index is -0.719. The molecule has 1 heterocycles. The minimum absolute atomic E-state index is 0.0865. The van der Waals surface area contributed by atoms with Crippen LogP contribution in [0.15, 0.2) is 23.8 Å². The number of epoxide rings is 1. The summed E-state index contributed by atoms with van der Waals surface area (Å²) < 4.78 is 28.1. The molecule has 1 aromatic carbocycles. The van der Waals surface area contributed by atoms with Gasteiger partial charge in [0.15, 0.2) is 11.5 Å². The van der Waals surface area contributed by atoms with Crippen molar-refractivity contribution in [2.24, 2.45) is 11.8 Å². The molecule has 1 saturated heterocycles. The van der Waals surface area contributed by atoms with E-state index in [0.717, 1.165) is 18.4 Å². The summed E-state index contributed by atoms with van der Waals surface area (Å²) >= 11 is 0. The fraction of sp³-hybridized carbons (Fsp3) is 0.640. The van der Waals surface area contributed by atoms with Crippen LogP contribution in [0, 0.1) is 11.8 Å². The van der Waals surface area contributed by atoms with E-state index in [1.54, 1.807) is 12.1 Å². The predicted octanol–water partition coefficient (Wildman–Crippen LogP) is 4.16. The topological polar surface area (TPSA) is 86.8 Å². The molecule has 0 aromatic heterocycles. The van der Waals surface area contributed by atoms with Crippen LogP contribution in [0.3, 0.4) is 0 Å². The number of hydrogen-bond donors (Lipinski definition) is 1. The number of esters is 1. The van der Waals surface area contributed by atoms with Gasteiger partial charge in [0.2, 0.25) is 5.75 Å². The molecule has 0 radical (unpaired) electrons. The highest BCUT2D eigenvalue weighted by Crippen LogP contribution is 2.47. The molecule has 0 saturated carbocycles. The van der Waals surface area contributed by atoms with Gasteiger partial charge in [0, 0.05) is 12.3 Å². The molecule has 32 heavy (non-hydrogen) atoms. The summed E-state index contributed by atoms with van der Waals surface area (Å²) in [6.45, 7) is 8.16. The number of benzene rings is 1. The molecular weight excluding hydrogens is 412 g/mol. The molecule has 7 nitrogen and oxygen atoms in total. The molecule has 0 spiro atoms. The van der Waals surface area contributed by atoms with Crippen molar-refractivity contribution < 1.29 is 33.6 Å². The number of allylic oxidation sites excluding steroid dienone is 1. The molecule has 1 fully saturated rings. The molecule has 2 aliphatic rings. The maximum Gasteiger partial charge on any atom is 0.338 e. The fourth-order valence-electron chi connectivity index (χ4n) is 4.80. The van der Waals surface area contributed by atoms with E-state index in [9.17, 15) is 9.90 Å². The SMILES string of the molecule is COc1cc(C(=O)O[C@@H]2C/C(C)=C\CC[C@@]3(C)O[C@@H]3[C@H](O)[C@@H]2C(C)C)cc(OC)c1OC. The van der Waals surface area contributed by atoms with E-state index in [1.807, 2.05) is 27.7 Å². The summed E-state index contributed by atoms with van der Waals surface area (Å²) in [7, 11) is 4.51. The van der Waals surface area contributed by atoms with E-state index in [-0.39, 0.29) is 23.5 Å². The van der Waals surface area contributed by atoms with E-state index in [1.165, 1.54) is 21.3 Å². The molecule has 1 aliphatic heterocycles. The van der Waals surface area contributed by atoms with Crippen molar-refractivity contribution in [1.29, 1.82) is 0 Å². The third kappa shape index (κ3) is 4.89. The van der Waals surface area contributed by atoms with Crippen molar-refractivity contribution in [3.8, 4) is 17.2 Å². The number of aliphatic hydroxyl groups is 1. The lowest BCUT2D eigenvalue weighted by molar-refractivity contribution is -0.0419. The van der Waals surface area contributed by atoms with E-state index in [0.29, 0.717) is 29.2 Å². The first-order valence-corrected chi connectivity index (χ1v) is 11.2. The summed E-state index contributed by atoms with van der Waals surface area (Å²) in [6, 6.07) is 3.16. The van der Waals surface area contributed by atoms with E-state index >= 15 is 0 Å². The van der Waals surface area contributed by atoms with Crippen molar-refractivity contribution in [2.45, 2.75) is 70.9 Å². The first-order chi connectivity index (χ1) is 15.1. The normalized spacial score (nSPS) is 31.7. The number of hydrogen-bond acceptors (Lipinski definition) is 7. The molecule has 1 aromatic rings. The quantitative estimate of drug-likeness (QED) is 0.397. The zero-order valence-corrected chi connectivity index (χ0v) is 20.1. The van der Waals surface area contributed by atoms with Gasteiger partial charge >= 0.3 is 5.97 Å². The Morgan fingerprint density at radius 2 is 1.78 bits per heavy atom. The second-order valence-electron chi connectivity index (χ2n) is 9.31. The molecule has 0 amide bonds. The van der Waals surface area contributed by atoms with Gasteiger partial charge in [-0.15, -0.1) is 0 Å². The average Bonchev–Trinajstić information content (AvgIpc) is 3.43. The molecule has 1 N–H and O–H groups in total. The summed E-state index contributed by atoms with van der Waals surface area (Å²) in [5, 5.41) is 11.2. The summed E-state index contributed by atoms with van der Waals surface area (Å²) in [5.41, 5.74) is 1.10. The van der Waals surface area contributed by atoms with Gasteiger partial charge in [0.25, 0.3) is 0 Å². The van der Waals surface area contributed by atoms with Gasteiger partial charge in [-0.25, -0.2) is 4.79 Å². The highest BCUT2D eigenvalue weighted by atomic mass is 16.6. The minimum Gasteiger partial charge on any atom is -0.493 e. The lowest BCUT2D eigenvalue weighted by Gasteiger charge is -2.34. The molecule has 0 bridgehead atoms. The van der Waals surface area contributed by atoms with Crippen LogP contribution in [0.25, 0.3) is 0 Å². The predicted molar refractivity (Wildman–Crippen MR) is 121 cm³/mol. The number of aliphatic hydroxyl groups excluding tert-OH is 1. The molecule has 1 aliphatic carbocycles. The second kappa shape index (κ2) is 9.71.